The molecule has 11 nitrogen and oxygen atoms in total. The van der Waals surface area contributed by atoms with Crippen LogP contribution in [0.1, 0.15) is 24.3 Å². The van der Waals surface area contributed by atoms with E-state index in [2.05, 4.69) is 5.16 Å². The van der Waals surface area contributed by atoms with Crippen LogP contribution in [0.15, 0.2) is 33.7 Å². The van der Waals surface area contributed by atoms with Crippen molar-refractivity contribution < 1.29 is 36.7 Å². The van der Waals surface area contributed by atoms with Gasteiger partial charge in [0.1, 0.15) is 10.6 Å². The van der Waals surface area contributed by atoms with Crippen molar-refractivity contribution in [2.45, 2.75) is 18.7 Å². The van der Waals surface area contributed by atoms with Crippen molar-refractivity contribution in [3.05, 3.63) is 30.0 Å². The molecular weight excluding hydrogens is 442 g/mol. The molecule has 1 aliphatic heterocycles. The molecule has 0 N–H and O–H groups in total. The van der Waals surface area contributed by atoms with Gasteiger partial charge in [-0.05, 0) is 32.0 Å². The molecule has 0 saturated carbocycles. The number of carbonyl (C=O) groups is 2. The Bertz CT molecular complexity index is 1070. The van der Waals surface area contributed by atoms with Crippen LogP contribution in [0, 0.1) is 0 Å². The number of aromatic nitrogens is 1. The summed E-state index contributed by atoms with van der Waals surface area (Å²) in [5.41, 5.74) is 0.384. The molecule has 1 aliphatic rings. The molecule has 1 aromatic heterocycles. The lowest BCUT2D eigenvalue weighted by molar-refractivity contribution is 0.0514. The number of piperazine rings is 1. The molecule has 0 radical (unpaired) electrons. The Morgan fingerprint density at radius 1 is 1.06 bits per heavy atom. The molecule has 1 amide bonds. The Balaban J connectivity index is 1.85. The first-order valence-electron chi connectivity index (χ1n) is 10.1. The van der Waals surface area contributed by atoms with E-state index < -0.39 is 22.1 Å². The van der Waals surface area contributed by atoms with Crippen LogP contribution in [0.4, 0.5) is 4.79 Å². The Morgan fingerprint density at radius 2 is 1.75 bits per heavy atom. The van der Waals surface area contributed by atoms with E-state index in [1.165, 1.54) is 34.5 Å². The average Bonchev–Trinajstić information content (AvgIpc) is 3.29. The summed E-state index contributed by atoms with van der Waals surface area (Å²) in [5.74, 6) is -0.269. The number of rotatable bonds is 7. The molecule has 32 heavy (non-hydrogen) atoms. The largest absolute Gasteiger partial charge is 0.495 e. The number of benzene rings is 1. The van der Waals surface area contributed by atoms with E-state index >= 15 is 0 Å². The van der Waals surface area contributed by atoms with Crippen LogP contribution in [0.25, 0.3) is 11.3 Å². The molecule has 0 bridgehead atoms. The summed E-state index contributed by atoms with van der Waals surface area (Å²) in [4.78, 5) is 25.1. The van der Waals surface area contributed by atoms with Crippen molar-refractivity contribution in [2.75, 3.05) is 46.5 Å². The lowest BCUT2D eigenvalue weighted by atomic mass is 10.1. The molecule has 12 heteroatoms. The van der Waals surface area contributed by atoms with Gasteiger partial charge in [-0.2, -0.15) is 4.31 Å². The Kier molecular flexibility index (Phi) is 7.36. The maximum atomic E-state index is 13.3. The van der Waals surface area contributed by atoms with E-state index in [0.29, 0.717) is 5.56 Å². The van der Waals surface area contributed by atoms with Crippen molar-refractivity contribution >= 4 is 22.1 Å². The highest BCUT2D eigenvalue weighted by Crippen LogP contribution is 2.32. The van der Waals surface area contributed by atoms with Gasteiger partial charge in [-0.3, -0.25) is 0 Å². The van der Waals surface area contributed by atoms with Crippen LogP contribution in [0.5, 0.6) is 5.75 Å². The number of sulfonamides is 1. The van der Waals surface area contributed by atoms with Gasteiger partial charge in [0.2, 0.25) is 10.0 Å². The first-order chi connectivity index (χ1) is 15.3. The zero-order chi connectivity index (χ0) is 23.3. The Hall–Kier alpha value is -3.12. The van der Waals surface area contributed by atoms with E-state index in [9.17, 15) is 18.0 Å². The number of carbonyl (C=O) groups excluding carboxylic acids is 2. The van der Waals surface area contributed by atoms with Crippen molar-refractivity contribution in [1.29, 1.82) is 0 Å². The predicted octanol–water partition coefficient (Wildman–Crippen LogP) is 1.99. The molecule has 3 rings (SSSR count). The van der Waals surface area contributed by atoms with Crippen LogP contribution in [-0.4, -0.2) is 81.3 Å². The summed E-state index contributed by atoms with van der Waals surface area (Å²) >= 11 is 0. The van der Waals surface area contributed by atoms with E-state index in [-0.39, 0.29) is 61.5 Å². The number of nitrogens with zero attached hydrogens (tertiary/aromatic N) is 3. The van der Waals surface area contributed by atoms with Crippen LogP contribution in [-0.2, 0) is 19.5 Å². The SMILES string of the molecule is CCOC(=O)c1cc(-c2ccc(OC)c(S(=O)(=O)N3CCN(C(=O)OCC)CC3)c2)on1. The maximum absolute atomic E-state index is 13.3. The monoisotopic (exact) mass is 467 g/mol. The van der Waals surface area contributed by atoms with Crippen molar-refractivity contribution in [1.82, 2.24) is 14.4 Å². The molecule has 0 aliphatic carbocycles. The second-order valence-corrected chi connectivity index (χ2v) is 8.66. The molecule has 1 fully saturated rings. The number of esters is 1. The fourth-order valence-corrected chi connectivity index (χ4v) is 4.81. The van der Waals surface area contributed by atoms with E-state index in [1.54, 1.807) is 19.9 Å². The highest BCUT2D eigenvalue weighted by molar-refractivity contribution is 7.89. The van der Waals surface area contributed by atoms with Gasteiger partial charge in [0, 0.05) is 37.8 Å². The van der Waals surface area contributed by atoms with Gasteiger partial charge < -0.3 is 23.6 Å². The lowest BCUT2D eigenvalue weighted by Gasteiger charge is -2.33. The number of ether oxygens (including phenoxy) is 3. The van der Waals surface area contributed by atoms with Crippen LogP contribution in [0.3, 0.4) is 0 Å². The second kappa shape index (κ2) is 10.0. The molecule has 0 unspecified atom stereocenters. The fourth-order valence-electron chi connectivity index (χ4n) is 3.21. The summed E-state index contributed by atoms with van der Waals surface area (Å²) in [6.45, 7) is 4.48. The van der Waals surface area contributed by atoms with Gasteiger partial charge in [-0.15, -0.1) is 0 Å². The predicted molar refractivity (Wildman–Crippen MR) is 112 cm³/mol. The minimum atomic E-state index is -3.94. The minimum absolute atomic E-state index is 0.0165. The number of hydrogen-bond acceptors (Lipinski definition) is 9. The summed E-state index contributed by atoms with van der Waals surface area (Å²) in [5, 5.41) is 3.69. The first kappa shape index (κ1) is 23.5. The van der Waals surface area contributed by atoms with Gasteiger partial charge in [0.15, 0.2) is 11.5 Å². The fraction of sp³-hybridized carbons (Fsp3) is 0.450. The molecule has 174 valence electrons. The van der Waals surface area contributed by atoms with Crippen molar-refractivity contribution in [2.24, 2.45) is 0 Å². The Labute approximate surface area is 185 Å². The number of amides is 1. The third-order valence-corrected chi connectivity index (χ3v) is 6.75. The topological polar surface area (TPSA) is 128 Å². The average molecular weight is 468 g/mol. The molecule has 0 atom stereocenters. The standard InChI is InChI=1S/C20H25N3O8S/c1-4-29-19(24)15-13-17(31-21-15)14-6-7-16(28-3)18(12-14)32(26,27)23-10-8-22(9-11-23)20(25)30-5-2/h6-7,12-13H,4-5,8-11H2,1-3H3. The van der Waals surface area contributed by atoms with Gasteiger partial charge in [-0.1, -0.05) is 5.16 Å². The Morgan fingerprint density at radius 3 is 2.38 bits per heavy atom. The zero-order valence-electron chi connectivity index (χ0n) is 18.1. The molecule has 1 aromatic carbocycles. The zero-order valence-corrected chi connectivity index (χ0v) is 18.9. The third kappa shape index (κ3) is 4.86. The summed E-state index contributed by atoms with van der Waals surface area (Å²) in [6.07, 6.45) is -0.466. The lowest BCUT2D eigenvalue weighted by Crippen LogP contribution is -2.50. The molecule has 0 spiro atoms. The van der Waals surface area contributed by atoms with Gasteiger partial charge >= 0.3 is 12.1 Å². The maximum Gasteiger partial charge on any atom is 0.409 e. The van der Waals surface area contributed by atoms with Crippen molar-refractivity contribution in [3.8, 4) is 17.1 Å². The minimum Gasteiger partial charge on any atom is -0.495 e. The summed E-state index contributed by atoms with van der Waals surface area (Å²) in [7, 11) is -2.56. The van der Waals surface area contributed by atoms with Crippen LogP contribution < -0.4 is 4.74 Å². The second-order valence-electron chi connectivity index (χ2n) is 6.75. The molecule has 1 saturated heterocycles. The number of hydrogen-bond donors (Lipinski definition) is 0. The van der Waals surface area contributed by atoms with Crippen LogP contribution >= 0.6 is 0 Å². The third-order valence-electron chi connectivity index (χ3n) is 4.83. The quantitative estimate of drug-likeness (QED) is 0.561. The smallest absolute Gasteiger partial charge is 0.409 e. The van der Waals surface area contributed by atoms with Gasteiger partial charge in [0.05, 0.1) is 20.3 Å². The highest BCUT2D eigenvalue weighted by Gasteiger charge is 2.33. The van der Waals surface area contributed by atoms with E-state index in [1.807, 2.05) is 0 Å². The normalized spacial score (nSPS) is 14.8. The number of methoxy groups -OCH3 is 1. The molecular formula is C20H25N3O8S. The van der Waals surface area contributed by atoms with E-state index in [4.69, 9.17) is 18.7 Å². The van der Waals surface area contributed by atoms with Crippen molar-refractivity contribution in [3.63, 3.8) is 0 Å². The summed E-state index contributed by atoms with van der Waals surface area (Å²) in [6, 6.07) is 5.89. The first-order valence-corrected chi connectivity index (χ1v) is 11.5. The van der Waals surface area contributed by atoms with E-state index in [0.717, 1.165) is 0 Å². The van der Waals surface area contributed by atoms with Gasteiger partial charge in [-0.25, -0.2) is 18.0 Å². The van der Waals surface area contributed by atoms with Gasteiger partial charge in [0.25, 0.3) is 0 Å². The summed E-state index contributed by atoms with van der Waals surface area (Å²) < 4.78 is 48.3. The molecule has 2 heterocycles. The van der Waals surface area contributed by atoms with Crippen LogP contribution in [0.2, 0.25) is 0 Å². The highest BCUT2D eigenvalue weighted by atomic mass is 32.2. The molecule has 2 aromatic rings.